The lowest BCUT2D eigenvalue weighted by atomic mass is 10.1. The molecular weight excluding hydrogens is 472 g/mol. The van der Waals surface area contributed by atoms with E-state index in [1.54, 1.807) is 18.2 Å². The smallest absolute Gasteiger partial charge is 0.273 e. The molecule has 3 aromatic carbocycles. The van der Waals surface area contributed by atoms with Crippen LogP contribution in [0.25, 0.3) is 6.08 Å². The van der Waals surface area contributed by atoms with Gasteiger partial charge < -0.3 is 20.1 Å². The van der Waals surface area contributed by atoms with Gasteiger partial charge >= 0.3 is 0 Å². The summed E-state index contributed by atoms with van der Waals surface area (Å²) < 4.78 is 10.3. The summed E-state index contributed by atoms with van der Waals surface area (Å²) in [5.41, 5.74) is 0.0780. The second kappa shape index (κ2) is 11.2. The molecule has 0 saturated carbocycles. The lowest BCUT2D eigenvalue weighted by Gasteiger charge is -2.14. The summed E-state index contributed by atoms with van der Waals surface area (Å²) >= 11 is 0. The fraction of sp³-hybridized carbons (Fsp3) is 0.0833. The second-order valence-electron chi connectivity index (χ2n) is 7.16. The van der Waals surface area contributed by atoms with Gasteiger partial charge in [-0.1, -0.05) is 12.1 Å². The highest BCUT2D eigenvalue weighted by Gasteiger charge is 2.20. The van der Waals surface area contributed by atoms with Gasteiger partial charge in [-0.25, -0.2) is 0 Å². The summed E-state index contributed by atoms with van der Waals surface area (Å²) in [5.74, 6) is -1.11. The standard InChI is InChI=1S/C24H20N4O8/c1-35-21-6-4-3-5-18(21)23(29)26-20(13-15-7-9-16(10-8-15)27(31)32)24(30)25-19-12-11-17(28(33)34)14-22(19)36-2/h3-14H,1-2H3,(H,25,30)(H,26,29). The van der Waals surface area contributed by atoms with E-state index in [4.69, 9.17) is 9.47 Å². The third-order valence-corrected chi connectivity index (χ3v) is 4.90. The van der Waals surface area contributed by atoms with Crippen molar-refractivity contribution >= 4 is 35.0 Å². The number of carbonyl (C=O) groups excluding carboxylic acids is 2. The first-order chi connectivity index (χ1) is 17.2. The van der Waals surface area contributed by atoms with Crippen LogP contribution in [0.2, 0.25) is 0 Å². The first kappa shape index (κ1) is 25.4. The summed E-state index contributed by atoms with van der Waals surface area (Å²) in [7, 11) is 2.68. The molecule has 184 valence electrons. The number of para-hydroxylation sites is 1. The Bertz CT molecular complexity index is 1350. The molecule has 2 amide bonds. The van der Waals surface area contributed by atoms with Gasteiger partial charge in [0.25, 0.3) is 23.2 Å². The number of anilines is 1. The lowest BCUT2D eigenvalue weighted by Crippen LogP contribution is -2.31. The van der Waals surface area contributed by atoms with Gasteiger partial charge in [-0.15, -0.1) is 0 Å². The molecule has 12 nitrogen and oxygen atoms in total. The Balaban J connectivity index is 1.97. The van der Waals surface area contributed by atoms with Gasteiger partial charge in [-0.05, 0) is 42.0 Å². The van der Waals surface area contributed by atoms with Crippen molar-refractivity contribution in [2.45, 2.75) is 0 Å². The summed E-state index contributed by atoms with van der Waals surface area (Å²) in [5, 5.41) is 27.1. The number of ether oxygens (including phenoxy) is 2. The minimum atomic E-state index is -0.774. The summed E-state index contributed by atoms with van der Waals surface area (Å²) in [6.07, 6.45) is 1.32. The molecule has 0 bridgehead atoms. The maximum atomic E-state index is 13.2. The molecule has 2 N–H and O–H groups in total. The van der Waals surface area contributed by atoms with Crippen LogP contribution < -0.4 is 20.1 Å². The SMILES string of the molecule is COc1cc([N+](=O)[O-])ccc1NC(=O)C(=Cc1ccc([N+](=O)[O-])cc1)NC(=O)c1ccccc1OC. The number of non-ortho nitro benzene ring substituents is 2. The van der Waals surface area contributed by atoms with Crippen molar-refractivity contribution in [2.24, 2.45) is 0 Å². The zero-order valence-electron chi connectivity index (χ0n) is 19.1. The van der Waals surface area contributed by atoms with Crippen LogP contribution in [0, 0.1) is 20.2 Å². The van der Waals surface area contributed by atoms with E-state index in [9.17, 15) is 29.8 Å². The van der Waals surface area contributed by atoms with Crippen LogP contribution in [0.15, 0.2) is 72.4 Å². The van der Waals surface area contributed by atoms with E-state index in [-0.39, 0.29) is 39.8 Å². The minimum Gasteiger partial charge on any atom is -0.496 e. The van der Waals surface area contributed by atoms with E-state index in [0.29, 0.717) is 5.56 Å². The Hall–Kier alpha value is -5.26. The van der Waals surface area contributed by atoms with Gasteiger partial charge in [-0.3, -0.25) is 29.8 Å². The molecule has 0 aliphatic heterocycles. The van der Waals surface area contributed by atoms with Crippen LogP contribution in [0.3, 0.4) is 0 Å². The highest BCUT2D eigenvalue weighted by atomic mass is 16.6. The van der Waals surface area contributed by atoms with E-state index < -0.39 is 21.7 Å². The molecule has 3 rings (SSSR count). The van der Waals surface area contributed by atoms with E-state index >= 15 is 0 Å². The van der Waals surface area contributed by atoms with Crippen molar-refractivity contribution < 1.29 is 28.9 Å². The molecular formula is C24H20N4O8. The maximum Gasteiger partial charge on any atom is 0.273 e. The molecule has 12 heteroatoms. The molecule has 0 spiro atoms. The van der Waals surface area contributed by atoms with Crippen LogP contribution in [0.1, 0.15) is 15.9 Å². The lowest BCUT2D eigenvalue weighted by molar-refractivity contribution is -0.385. The quantitative estimate of drug-likeness (QED) is 0.258. The number of hydrogen-bond acceptors (Lipinski definition) is 8. The molecule has 3 aromatic rings. The fourth-order valence-electron chi connectivity index (χ4n) is 3.13. The van der Waals surface area contributed by atoms with Crippen LogP contribution in [0.4, 0.5) is 17.1 Å². The molecule has 0 radical (unpaired) electrons. The maximum absolute atomic E-state index is 13.2. The zero-order valence-corrected chi connectivity index (χ0v) is 19.1. The van der Waals surface area contributed by atoms with Crippen LogP contribution in [-0.2, 0) is 4.79 Å². The molecule has 0 unspecified atom stereocenters. The van der Waals surface area contributed by atoms with Gasteiger partial charge in [-0.2, -0.15) is 0 Å². The van der Waals surface area contributed by atoms with E-state index in [0.717, 1.165) is 6.07 Å². The molecule has 0 aliphatic rings. The average Bonchev–Trinajstić information content (AvgIpc) is 2.88. The normalized spacial score (nSPS) is 10.8. The number of nitro benzene ring substituents is 2. The van der Waals surface area contributed by atoms with Crippen molar-refractivity contribution in [2.75, 3.05) is 19.5 Å². The second-order valence-corrected chi connectivity index (χ2v) is 7.16. The molecule has 0 heterocycles. The molecule has 36 heavy (non-hydrogen) atoms. The fourth-order valence-corrected chi connectivity index (χ4v) is 3.13. The average molecular weight is 492 g/mol. The Labute approximate surface area is 204 Å². The van der Waals surface area contributed by atoms with Crippen molar-refractivity contribution in [3.63, 3.8) is 0 Å². The van der Waals surface area contributed by atoms with Crippen LogP contribution in [-0.4, -0.2) is 35.9 Å². The summed E-state index contributed by atoms with van der Waals surface area (Å²) in [6, 6.07) is 15.3. The number of amides is 2. The van der Waals surface area contributed by atoms with Crippen molar-refractivity contribution in [3.05, 3.63) is 104 Å². The van der Waals surface area contributed by atoms with E-state index in [2.05, 4.69) is 10.6 Å². The molecule has 0 saturated heterocycles. The number of rotatable bonds is 9. The highest BCUT2D eigenvalue weighted by molar-refractivity contribution is 6.11. The Morgan fingerprint density at radius 2 is 1.44 bits per heavy atom. The number of hydrogen-bond donors (Lipinski definition) is 2. The topological polar surface area (TPSA) is 163 Å². The summed E-state index contributed by atoms with van der Waals surface area (Å²) in [4.78, 5) is 47.0. The summed E-state index contributed by atoms with van der Waals surface area (Å²) in [6.45, 7) is 0. The predicted molar refractivity (Wildman–Crippen MR) is 130 cm³/mol. The van der Waals surface area contributed by atoms with Crippen molar-refractivity contribution in [1.29, 1.82) is 0 Å². The van der Waals surface area contributed by atoms with E-state index in [1.807, 2.05) is 0 Å². The number of carbonyl (C=O) groups is 2. The van der Waals surface area contributed by atoms with Gasteiger partial charge in [0.2, 0.25) is 0 Å². The van der Waals surface area contributed by atoms with Gasteiger partial charge in [0.15, 0.2) is 0 Å². The number of nitro groups is 2. The van der Waals surface area contributed by atoms with Crippen LogP contribution in [0.5, 0.6) is 11.5 Å². The molecule has 0 aromatic heterocycles. The van der Waals surface area contributed by atoms with E-state index in [1.165, 1.54) is 62.8 Å². The van der Waals surface area contributed by atoms with Crippen molar-refractivity contribution in [1.82, 2.24) is 5.32 Å². The van der Waals surface area contributed by atoms with Gasteiger partial charge in [0, 0.05) is 18.2 Å². The monoisotopic (exact) mass is 492 g/mol. The minimum absolute atomic E-state index is 0.0308. The van der Waals surface area contributed by atoms with Crippen molar-refractivity contribution in [3.8, 4) is 11.5 Å². The Kier molecular flexibility index (Phi) is 7.92. The Morgan fingerprint density at radius 3 is 2.06 bits per heavy atom. The number of benzene rings is 3. The van der Waals surface area contributed by atoms with Gasteiger partial charge in [0.05, 0.1) is 41.4 Å². The first-order valence-electron chi connectivity index (χ1n) is 10.3. The van der Waals surface area contributed by atoms with Crippen LogP contribution >= 0.6 is 0 Å². The predicted octanol–water partition coefficient (Wildman–Crippen LogP) is 3.93. The van der Waals surface area contributed by atoms with Gasteiger partial charge in [0.1, 0.15) is 17.2 Å². The molecule has 0 aliphatic carbocycles. The largest absolute Gasteiger partial charge is 0.496 e. The third kappa shape index (κ3) is 5.99. The third-order valence-electron chi connectivity index (χ3n) is 4.90. The number of nitrogens with zero attached hydrogens (tertiary/aromatic N) is 2. The Morgan fingerprint density at radius 1 is 0.833 bits per heavy atom. The zero-order chi connectivity index (χ0) is 26.2. The number of methoxy groups -OCH3 is 2. The highest BCUT2D eigenvalue weighted by Crippen LogP contribution is 2.29. The number of nitrogens with one attached hydrogen (secondary N) is 2. The molecule has 0 atom stereocenters. The molecule has 0 fully saturated rings. The first-order valence-corrected chi connectivity index (χ1v) is 10.3.